The fraction of sp³-hybridized carbons (Fsp3) is 0.286. The Morgan fingerprint density at radius 3 is 2.90 bits per heavy atom. The van der Waals surface area contributed by atoms with Gasteiger partial charge in [-0.15, -0.1) is 0 Å². The number of aromatic nitrogens is 2. The lowest BCUT2D eigenvalue weighted by atomic mass is 10.1. The normalized spacial score (nSPS) is 10.3. The van der Waals surface area contributed by atoms with Gasteiger partial charge in [0.25, 0.3) is 5.91 Å². The summed E-state index contributed by atoms with van der Waals surface area (Å²) in [6.45, 7) is 1.99. The van der Waals surface area contributed by atoms with E-state index in [0.29, 0.717) is 22.7 Å². The number of anilines is 2. The number of amides is 1. The highest BCUT2D eigenvalue weighted by atomic mass is 16.5. The fourth-order valence-corrected chi connectivity index (χ4v) is 1.99. The zero-order valence-corrected chi connectivity index (χ0v) is 11.8. The molecule has 2 aromatic rings. The number of aryl methyl sites for hydroxylation is 2. The van der Waals surface area contributed by atoms with E-state index in [1.54, 1.807) is 29.1 Å². The van der Waals surface area contributed by atoms with Crippen molar-refractivity contribution in [2.24, 2.45) is 7.05 Å². The first kappa shape index (κ1) is 13.9. The number of ether oxygens (including phenoxy) is 1. The third-order valence-corrected chi connectivity index (χ3v) is 2.96. The Kier molecular flexibility index (Phi) is 3.93. The molecule has 6 nitrogen and oxygen atoms in total. The minimum Gasteiger partial charge on any atom is -0.496 e. The molecule has 0 aliphatic heterocycles. The van der Waals surface area contributed by atoms with E-state index in [0.717, 1.165) is 12.1 Å². The molecule has 1 heterocycles. The molecular formula is C14H18N4O2. The Bertz CT molecular complexity index is 634. The first-order valence-electron chi connectivity index (χ1n) is 6.32. The summed E-state index contributed by atoms with van der Waals surface area (Å²) in [6.07, 6.45) is 2.51. The van der Waals surface area contributed by atoms with Crippen molar-refractivity contribution in [1.82, 2.24) is 9.78 Å². The molecule has 0 atom stereocenters. The second-order valence-corrected chi connectivity index (χ2v) is 4.43. The molecule has 1 amide bonds. The van der Waals surface area contributed by atoms with Crippen molar-refractivity contribution in [1.29, 1.82) is 0 Å². The highest BCUT2D eigenvalue weighted by Crippen LogP contribution is 2.23. The molecule has 0 fully saturated rings. The van der Waals surface area contributed by atoms with Crippen molar-refractivity contribution in [3.63, 3.8) is 0 Å². The van der Waals surface area contributed by atoms with Crippen LogP contribution in [0.1, 0.15) is 23.0 Å². The number of rotatable bonds is 4. The molecule has 106 valence electrons. The van der Waals surface area contributed by atoms with Gasteiger partial charge in [-0.3, -0.25) is 9.48 Å². The molecule has 0 aliphatic rings. The summed E-state index contributed by atoms with van der Waals surface area (Å²) in [5.41, 5.74) is 8.17. The summed E-state index contributed by atoms with van der Waals surface area (Å²) < 4.78 is 6.86. The summed E-state index contributed by atoms with van der Waals surface area (Å²) >= 11 is 0. The van der Waals surface area contributed by atoms with Crippen LogP contribution in [0.3, 0.4) is 0 Å². The van der Waals surface area contributed by atoms with E-state index in [2.05, 4.69) is 10.4 Å². The molecule has 0 aliphatic carbocycles. The van der Waals surface area contributed by atoms with Crippen LogP contribution in [0.15, 0.2) is 24.4 Å². The van der Waals surface area contributed by atoms with Gasteiger partial charge in [-0.05, 0) is 24.6 Å². The second kappa shape index (κ2) is 5.64. The van der Waals surface area contributed by atoms with Gasteiger partial charge in [0.1, 0.15) is 5.75 Å². The lowest BCUT2D eigenvalue weighted by Crippen LogP contribution is -2.14. The van der Waals surface area contributed by atoms with E-state index in [1.807, 2.05) is 14.0 Å². The lowest BCUT2D eigenvalue weighted by molar-refractivity contribution is 0.102. The molecule has 6 heteroatoms. The summed E-state index contributed by atoms with van der Waals surface area (Å²) in [7, 11) is 3.33. The number of carbonyl (C=O) groups excluding carboxylic acids is 1. The highest BCUT2D eigenvalue weighted by Gasteiger charge is 2.15. The van der Waals surface area contributed by atoms with Crippen molar-refractivity contribution in [3.05, 3.63) is 35.7 Å². The van der Waals surface area contributed by atoms with Gasteiger partial charge in [0.05, 0.1) is 24.1 Å². The minimum absolute atomic E-state index is 0.267. The summed E-state index contributed by atoms with van der Waals surface area (Å²) in [5, 5.41) is 7.12. The van der Waals surface area contributed by atoms with Crippen molar-refractivity contribution in [3.8, 4) is 5.75 Å². The third-order valence-electron chi connectivity index (χ3n) is 2.96. The van der Waals surface area contributed by atoms with E-state index < -0.39 is 0 Å². The second-order valence-electron chi connectivity index (χ2n) is 4.43. The topological polar surface area (TPSA) is 82.2 Å². The van der Waals surface area contributed by atoms with Crippen molar-refractivity contribution in [2.75, 3.05) is 18.2 Å². The van der Waals surface area contributed by atoms with Gasteiger partial charge in [-0.25, -0.2) is 0 Å². The minimum atomic E-state index is -0.267. The van der Waals surface area contributed by atoms with Gasteiger partial charge in [0.15, 0.2) is 0 Å². The molecule has 0 unspecified atom stereocenters. The number of benzene rings is 1. The Labute approximate surface area is 117 Å². The molecule has 2 rings (SSSR count). The average molecular weight is 274 g/mol. The third kappa shape index (κ3) is 2.74. The Morgan fingerprint density at radius 2 is 2.25 bits per heavy atom. The predicted molar refractivity (Wildman–Crippen MR) is 77.9 cm³/mol. The fourth-order valence-electron chi connectivity index (χ4n) is 1.99. The first-order valence-corrected chi connectivity index (χ1v) is 6.32. The molecule has 0 saturated carbocycles. The zero-order chi connectivity index (χ0) is 14.7. The number of methoxy groups -OCH3 is 1. The van der Waals surface area contributed by atoms with Gasteiger partial charge >= 0.3 is 0 Å². The van der Waals surface area contributed by atoms with Gasteiger partial charge in [-0.1, -0.05) is 6.92 Å². The van der Waals surface area contributed by atoms with Gasteiger partial charge in [0, 0.05) is 18.9 Å². The number of nitrogen functional groups attached to an aromatic ring is 1. The van der Waals surface area contributed by atoms with E-state index in [9.17, 15) is 4.79 Å². The van der Waals surface area contributed by atoms with Crippen LogP contribution in [0.25, 0.3) is 0 Å². The molecule has 1 aromatic heterocycles. The molecule has 0 bridgehead atoms. The van der Waals surface area contributed by atoms with Crippen LogP contribution >= 0.6 is 0 Å². The summed E-state index contributed by atoms with van der Waals surface area (Å²) in [5.74, 6) is 0.218. The largest absolute Gasteiger partial charge is 0.496 e. The zero-order valence-electron chi connectivity index (χ0n) is 11.8. The van der Waals surface area contributed by atoms with E-state index in [-0.39, 0.29) is 5.91 Å². The maximum absolute atomic E-state index is 12.3. The van der Waals surface area contributed by atoms with E-state index in [4.69, 9.17) is 10.5 Å². The average Bonchev–Trinajstić information content (AvgIpc) is 2.78. The SMILES string of the molecule is CCc1nn(C)cc1NC(=O)c1cc(N)ccc1OC. The summed E-state index contributed by atoms with van der Waals surface area (Å²) in [4.78, 5) is 12.3. The van der Waals surface area contributed by atoms with Gasteiger partial charge < -0.3 is 15.8 Å². The number of hydrogen-bond donors (Lipinski definition) is 2. The Balaban J connectivity index is 2.30. The maximum Gasteiger partial charge on any atom is 0.259 e. The first-order chi connectivity index (χ1) is 9.55. The quantitative estimate of drug-likeness (QED) is 0.833. The van der Waals surface area contributed by atoms with Crippen LogP contribution in [0.4, 0.5) is 11.4 Å². The van der Waals surface area contributed by atoms with Crippen molar-refractivity contribution < 1.29 is 9.53 Å². The van der Waals surface area contributed by atoms with Crippen LogP contribution < -0.4 is 15.8 Å². The van der Waals surface area contributed by atoms with Gasteiger partial charge in [0.2, 0.25) is 0 Å². The number of carbonyl (C=O) groups is 1. The van der Waals surface area contributed by atoms with Crippen LogP contribution in [-0.2, 0) is 13.5 Å². The molecule has 0 radical (unpaired) electrons. The van der Waals surface area contributed by atoms with Crippen LogP contribution in [0, 0.1) is 0 Å². The van der Waals surface area contributed by atoms with Crippen LogP contribution in [0.5, 0.6) is 5.75 Å². The van der Waals surface area contributed by atoms with Crippen LogP contribution in [0.2, 0.25) is 0 Å². The number of nitrogens with one attached hydrogen (secondary N) is 1. The highest BCUT2D eigenvalue weighted by molar-refractivity contribution is 6.07. The standard InChI is InChI=1S/C14H18N4O2/c1-4-11-12(8-18(2)17-11)16-14(19)10-7-9(15)5-6-13(10)20-3/h5-8H,4,15H2,1-3H3,(H,16,19). The smallest absolute Gasteiger partial charge is 0.259 e. The molecular weight excluding hydrogens is 256 g/mol. The molecule has 3 N–H and O–H groups in total. The lowest BCUT2D eigenvalue weighted by Gasteiger charge is -2.09. The monoisotopic (exact) mass is 274 g/mol. The van der Waals surface area contributed by atoms with E-state index >= 15 is 0 Å². The van der Waals surface area contributed by atoms with E-state index in [1.165, 1.54) is 7.11 Å². The predicted octanol–water partition coefficient (Wildman–Crippen LogP) is 1.83. The number of nitrogens with zero attached hydrogens (tertiary/aromatic N) is 2. The van der Waals surface area contributed by atoms with Crippen molar-refractivity contribution in [2.45, 2.75) is 13.3 Å². The maximum atomic E-state index is 12.3. The molecule has 20 heavy (non-hydrogen) atoms. The van der Waals surface area contributed by atoms with Crippen LogP contribution in [-0.4, -0.2) is 22.8 Å². The molecule has 1 aromatic carbocycles. The Hall–Kier alpha value is -2.50. The van der Waals surface area contributed by atoms with Gasteiger partial charge in [-0.2, -0.15) is 5.10 Å². The summed E-state index contributed by atoms with van der Waals surface area (Å²) in [6, 6.07) is 4.96. The Morgan fingerprint density at radius 1 is 1.50 bits per heavy atom. The molecule has 0 spiro atoms. The van der Waals surface area contributed by atoms with Crippen molar-refractivity contribution >= 4 is 17.3 Å². The molecule has 0 saturated heterocycles. The number of hydrogen-bond acceptors (Lipinski definition) is 4. The number of nitrogens with two attached hydrogens (primary N) is 1.